The first-order chi connectivity index (χ1) is 9.56. The quantitative estimate of drug-likeness (QED) is 0.844. The lowest BCUT2D eigenvalue weighted by molar-refractivity contribution is -0.113. The number of rotatable bonds is 1. The molecule has 1 aliphatic rings. The van der Waals surface area contributed by atoms with Crippen molar-refractivity contribution in [3.63, 3.8) is 0 Å². The number of nitrogens with zero attached hydrogens (tertiary/aromatic N) is 2. The van der Waals surface area contributed by atoms with E-state index < -0.39 is 0 Å². The number of hydrogen-bond donors (Lipinski definition) is 2. The van der Waals surface area contributed by atoms with Gasteiger partial charge in [0, 0.05) is 12.6 Å². The van der Waals surface area contributed by atoms with E-state index in [9.17, 15) is 9.90 Å². The molecule has 1 amide bonds. The van der Waals surface area contributed by atoms with Crippen LogP contribution in [0.2, 0.25) is 0 Å². The van der Waals surface area contributed by atoms with Gasteiger partial charge in [-0.15, -0.1) is 11.8 Å². The van der Waals surface area contributed by atoms with Gasteiger partial charge in [0.2, 0.25) is 5.91 Å². The van der Waals surface area contributed by atoms with Crippen LogP contribution in [0.3, 0.4) is 0 Å². The number of aryl methyl sites for hydroxylation is 2. The van der Waals surface area contributed by atoms with E-state index in [2.05, 4.69) is 10.4 Å². The molecule has 1 aromatic heterocycles. The summed E-state index contributed by atoms with van der Waals surface area (Å²) >= 11 is 1.55. The zero-order valence-corrected chi connectivity index (χ0v) is 12.1. The highest BCUT2D eigenvalue weighted by Gasteiger charge is 2.29. The van der Waals surface area contributed by atoms with Gasteiger partial charge < -0.3 is 10.4 Å². The van der Waals surface area contributed by atoms with E-state index in [1.54, 1.807) is 28.6 Å². The number of aromatic nitrogens is 2. The number of nitrogens with one attached hydrogen (secondary N) is 1. The van der Waals surface area contributed by atoms with Gasteiger partial charge in [-0.25, -0.2) is 0 Å². The zero-order valence-electron chi connectivity index (χ0n) is 11.3. The van der Waals surface area contributed by atoms with E-state index in [1.807, 2.05) is 26.1 Å². The minimum absolute atomic E-state index is 0.00949. The molecule has 20 heavy (non-hydrogen) atoms. The molecule has 0 radical (unpaired) electrons. The molecule has 3 rings (SSSR count). The van der Waals surface area contributed by atoms with Crippen molar-refractivity contribution in [2.45, 2.75) is 12.2 Å². The molecule has 2 aromatic rings. The molecular weight excluding hydrogens is 274 g/mol. The molecule has 0 bridgehead atoms. The Balaban J connectivity index is 2.15. The second-order valence-corrected chi connectivity index (χ2v) is 5.90. The summed E-state index contributed by atoms with van der Waals surface area (Å²) in [7, 11) is 1.82. The molecule has 0 saturated carbocycles. The van der Waals surface area contributed by atoms with Crippen LogP contribution in [0.5, 0.6) is 5.75 Å². The highest BCUT2D eigenvalue weighted by atomic mass is 32.2. The van der Waals surface area contributed by atoms with Crippen LogP contribution in [-0.2, 0) is 11.8 Å². The fraction of sp³-hybridized carbons (Fsp3) is 0.286. The van der Waals surface area contributed by atoms with Crippen molar-refractivity contribution in [3.05, 3.63) is 41.1 Å². The predicted octanol–water partition coefficient (Wildman–Crippen LogP) is 2.21. The van der Waals surface area contributed by atoms with Crippen LogP contribution in [-0.4, -0.2) is 26.5 Å². The van der Waals surface area contributed by atoms with Crippen molar-refractivity contribution in [1.82, 2.24) is 9.78 Å². The highest BCUT2D eigenvalue weighted by Crippen LogP contribution is 2.43. The van der Waals surface area contributed by atoms with Gasteiger partial charge in [-0.05, 0) is 24.6 Å². The number of aromatic hydroxyl groups is 1. The molecular formula is C14H15N3O2S. The standard InChI is InChI=1S/C14H15N3O2S/c1-8-12-13(9-4-3-5-10(18)6-9)20-7-11(19)15-14(12)17(2)16-8/h3-6,13,18H,7H2,1-2H3,(H,15,19). The zero-order chi connectivity index (χ0) is 14.3. The third-order valence-corrected chi connectivity index (χ3v) is 4.61. The molecule has 1 unspecified atom stereocenters. The predicted molar refractivity (Wildman–Crippen MR) is 79.0 cm³/mol. The fourth-order valence-electron chi connectivity index (χ4n) is 2.50. The Morgan fingerprint density at radius 3 is 3.05 bits per heavy atom. The maximum atomic E-state index is 11.8. The molecule has 1 aliphatic heterocycles. The summed E-state index contributed by atoms with van der Waals surface area (Å²) in [4.78, 5) is 11.8. The maximum Gasteiger partial charge on any atom is 0.235 e. The van der Waals surface area contributed by atoms with Gasteiger partial charge in [0.1, 0.15) is 11.6 Å². The van der Waals surface area contributed by atoms with Crippen molar-refractivity contribution >= 4 is 23.5 Å². The molecule has 1 aromatic carbocycles. The molecule has 0 aliphatic carbocycles. The molecule has 2 heterocycles. The number of amides is 1. The summed E-state index contributed by atoms with van der Waals surface area (Å²) in [5.41, 5.74) is 2.88. The summed E-state index contributed by atoms with van der Waals surface area (Å²) in [6.45, 7) is 1.94. The summed E-state index contributed by atoms with van der Waals surface area (Å²) in [6.07, 6.45) is 0. The minimum Gasteiger partial charge on any atom is -0.508 e. The Hall–Kier alpha value is -1.95. The van der Waals surface area contributed by atoms with Crippen molar-refractivity contribution in [2.24, 2.45) is 7.05 Å². The molecule has 0 saturated heterocycles. The number of fused-ring (bicyclic) bond motifs is 1. The van der Waals surface area contributed by atoms with E-state index in [0.29, 0.717) is 5.75 Å². The highest BCUT2D eigenvalue weighted by molar-refractivity contribution is 8.00. The van der Waals surface area contributed by atoms with Crippen molar-refractivity contribution in [1.29, 1.82) is 0 Å². The first-order valence-corrected chi connectivity index (χ1v) is 7.35. The first-order valence-electron chi connectivity index (χ1n) is 6.30. The fourth-order valence-corrected chi connectivity index (χ4v) is 3.68. The van der Waals surface area contributed by atoms with Crippen LogP contribution in [0.1, 0.15) is 22.1 Å². The number of anilines is 1. The van der Waals surface area contributed by atoms with Gasteiger partial charge in [-0.2, -0.15) is 5.10 Å². The van der Waals surface area contributed by atoms with E-state index >= 15 is 0 Å². The number of carbonyl (C=O) groups is 1. The van der Waals surface area contributed by atoms with Crippen LogP contribution in [0.4, 0.5) is 5.82 Å². The van der Waals surface area contributed by atoms with Crippen LogP contribution >= 0.6 is 11.8 Å². The molecule has 104 valence electrons. The van der Waals surface area contributed by atoms with Crippen molar-refractivity contribution in [3.8, 4) is 5.75 Å². The van der Waals surface area contributed by atoms with Gasteiger partial charge in [-0.3, -0.25) is 9.48 Å². The average molecular weight is 289 g/mol. The minimum atomic E-state index is -0.0260. The Labute approximate surface area is 121 Å². The van der Waals surface area contributed by atoms with E-state index in [-0.39, 0.29) is 16.9 Å². The number of phenols is 1. The van der Waals surface area contributed by atoms with Crippen molar-refractivity contribution in [2.75, 3.05) is 11.1 Å². The van der Waals surface area contributed by atoms with Gasteiger partial charge in [0.15, 0.2) is 0 Å². The van der Waals surface area contributed by atoms with Gasteiger partial charge in [0.25, 0.3) is 0 Å². The Morgan fingerprint density at radius 1 is 1.50 bits per heavy atom. The Kier molecular flexibility index (Phi) is 3.17. The van der Waals surface area contributed by atoms with Gasteiger partial charge in [-0.1, -0.05) is 12.1 Å². The summed E-state index contributed by atoms with van der Waals surface area (Å²) in [6, 6.07) is 7.16. The third-order valence-electron chi connectivity index (χ3n) is 3.34. The molecule has 0 fully saturated rings. The number of hydrogen-bond acceptors (Lipinski definition) is 4. The second-order valence-electron chi connectivity index (χ2n) is 4.81. The monoisotopic (exact) mass is 289 g/mol. The van der Waals surface area contributed by atoms with E-state index in [0.717, 1.165) is 22.6 Å². The molecule has 2 N–H and O–H groups in total. The Morgan fingerprint density at radius 2 is 2.30 bits per heavy atom. The third kappa shape index (κ3) is 2.16. The van der Waals surface area contributed by atoms with Crippen LogP contribution in [0.25, 0.3) is 0 Å². The molecule has 1 atom stereocenters. The largest absolute Gasteiger partial charge is 0.508 e. The lowest BCUT2D eigenvalue weighted by Crippen LogP contribution is -2.15. The van der Waals surface area contributed by atoms with Crippen molar-refractivity contribution < 1.29 is 9.90 Å². The SMILES string of the molecule is Cc1nn(C)c2c1C(c1cccc(O)c1)SCC(=O)N2. The van der Waals surface area contributed by atoms with Crippen LogP contribution in [0, 0.1) is 6.92 Å². The summed E-state index contributed by atoms with van der Waals surface area (Å²) < 4.78 is 1.70. The van der Waals surface area contributed by atoms with Gasteiger partial charge in [0.05, 0.1) is 16.7 Å². The second kappa shape index (κ2) is 4.86. The van der Waals surface area contributed by atoms with Gasteiger partial charge >= 0.3 is 0 Å². The normalized spacial score (nSPS) is 18.3. The summed E-state index contributed by atoms with van der Waals surface area (Å²) in [5.74, 6) is 1.33. The molecule has 6 heteroatoms. The van der Waals surface area contributed by atoms with Crippen LogP contribution in [0.15, 0.2) is 24.3 Å². The number of phenolic OH excluding ortho intramolecular Hbond substituents is 1. The molecule has 0 spiro atoms. The topological polar surface area (TPSA) is 67.1 Å². The number of thioether (sulfide) groups is 1. The van der Waals surface area contributed by atoms with E-state index in [4.69, 9.17) is 0 Å². The summed E-state index contributed by atoms with van der Waals surface area (Å²) in [5, 5.41) is 17.0. The number of benzene rings is 1. The first kappa shape index (κ1) is 13.1. The Bertz CT molecular complexity index is 681. The lowest BCUT2D eigenvalue weighted by Gasteiger charge is -2.15. The number of carbonyl (C=O) groups excluding carboxylic acids is 1. The maximum absolute atomic E-state index is 11.8. The average Bonchev–Trinajstić information content (AvgIpc) is 2.59. The molecule has 5 nitrogen and oxygen atoms in total. The van der Waals surface area contributed by atoms with Crippen LogP contribution < -0.4 is 5.32 Å². The lowest BCUT2D eigenvalue weighted by atomic mass is 10.0. The van der Waals surface area contributed by atoms with E-state index in [1.165, 1.54) is 0 Å². The smallest absolute Gasteiger partial charge is 0.235 e.